The van der Waals surface area contributed by atoms with Crippen molar-refractivity contribution in [1.29, 1.82) is 0 Å². The Balaban J connectivity index is 1.76. The number of aromatic nitrogens is 1. The van der Waals surface area contributed by atoms with Crippen LogP contribution in [-0.2, 0) is 11.2 Å². The van der Waals surface area contributed by atoms with E-state index >= 15 is 0 Å². The summed E-state index contributed by atoms with van der Waals surface area (Å²) in [7, 11) is 1.50. The summed E-state index contributed by atoms with van der Waals surface area (Å²) in [5.74, 6) is -2.31. The van der Waals surface area contributed by atoms with E-state index in [2.05, 4.69) is 15.0 Å². The summed E-state index contributed by atoms with van der Waals surface area (Å²) in [6.07, 6.45) is -0.0793. The van der Waals surface area contributed by atoms with Crippen molar-refractivity contribution in [1.82, 2.24) is 10.5 Å². The molecule has 0 aliphatic carbocycles. The predicted octanol–water partition coefficient (Wildman–Crippen LogP) is 3.01. The number of hydrogen-bond acceptors (Lipinski definition) is 6. The number of carbonyl (C=O) groups is 2. The number of carboxylic acids is 1. The number of nitrogens with zero attached hydrogens (tertiary/aromatic N) is 1. The normalized spacial score (nSPS) is 11.7. The number of carboxylic acid groups (broad SMARTS) is 1. The summed E-state index contributed by atoms with van der Waals surface area (Å²) in [6, 6.07) is 11.6. The number of benzene rings is 2. The van der Waals surface area contributed by atoms with E-state index in [1.807, 2.05) is 0 Å². The van der Waals surface area contributed by atoms with E-state index in [0.717, 1.165) is 17.2 Å². The minimum atomic E-state index is -1.08. The molecule has 0 spiro atoms. The molecule has 2 aromatic carbocycles. The van der Waals surface area contributed by atoms with Crippen molar-refractivity contribution in [3.63, 3.8) is 0 Å². The predicted molar refractivity (Wildman–Crippen MR) is 104 cm³/mol. The van der Waals surface area contributed by atoms with Crippen LogP contribution in [0.25, 0.3) is 11.1 Å². The van der Waals surface area contributed by atoms with E-state index in [-0.39, 0.29) is 18.6 Å². The highest BCUT2D eigenvalue weighted by Gasteiger charge is 2.20. The Bertz CT molecular complexity index is 1050. The van der Waals surface area contributed by atoms with Crippen molar-refractivity contribution >= 4 is 11.9 Å². The minimum Gasteiger partial charge on any atom is -0.496 e. The highest BCUT2D eigenvalue weighted by Crippen LogP contribution is 2.31. The average Bonchev–Trinajstić information content (AvgIpc) is 3.14. The molecule has 0 aliphatic heterocycles. The molecule has 3 aromatic rings. The SMILES string of the molecule is COc1ccc(F)cc1-c1ccc(C[C@H](CC(=O)O)NC(=O)c2cc(O)no2)cc1. The second kappa shape index (κ2) is 9.08. The van der Waals surface area contributed by atoms with E-state index < -0.39 is 29.6 Å². The van der Waals surface area contributed by atoms with Gasteiger partial charge in [0.05, 0.1) is 19.6 Å². The fraction of sp³-hybridized carbons (Fsp3) is 0.190. The first-order valence-corrected chi connectivity index (χ1v) is 8.97. The van der Waals surface area contributed by atoms with Crippen LogP contribution in [0.1, 0.15) is 22.5 Å². The van der Waals surface area contributed by atoms with Gasteiger partial charge in [0.2, 0.25) is 5.76 Å². The molecule has 0 fully saturated rings. The Morgan fingerprint density at radius 2 is 1.93 bits per heavy atom. The van der Waals surface area contributed by atoms with Crippen molar-refractivity contribution in [3.8, 4) is 22.8 Å². The molecule has 0 radical (unpaired) electrons. The fourth-order valence-electron chi connectivity index (χ4n) is 3.03. The Morgan fingerprint density at radius 3 is 2.53 bits per heavy atom. The van der Waals surface area contributed by atoms with E-state index in [0.29, 0.717) is 11.3 Å². The van der Waals surface area contributed by atoms with Crippen LogP contribution in [0.3, 0.4) is 0 Å². The van der Waals surface area contributed by atoms with E-state index in [9.17, 15) is 19.1 Å². The van der Waals surface area contributed by atoms with Crippen LogP contribution >= 0.6 is 0 Å². The third-order valence-corrected chi connectivity index (χ3v) is 4.39. The topological polar surface area (TPSA) is 122 Å². The third-order valence-electron chi connectivity index (χ3n) is 4.39. The van der Waals surface area contributed by atoms with E-state index in [4.69, 9.17) is 9.84 Å². The number of carbonyl (C=O) groups excluding carboxylic acids is 1. The summed E-state index contributed by atoms with van der Waals surface area (Å²) in [5.41, 5.74) is 2.08. The fourth-order valence-corrected chi connectivity index (χ4v) is 3.03. The number of ether oxygens (including phenoxy) is 1. The maximum absolute atomic E-state index is 13.6. The molecule has 0 saturated heterocycles. The largest absolute Gasteiger partial charge is 0.496 e. The molecule has 0 saturated carbocycles. The van der Waals surface area contributed by atoms with Gasteiger partial charge in [0.15, 0.2) is 0 Å². The molecular weight excluding hydrogens is 395 g/mol. The highest BCUT2D eigenvalue weighted by molar-refractivity contribution is 5.92. The Kier molecular flexibility index (Phi) is 6.31. The number of aromatic hydroxyl groups is 1. The van der Waals surface area contributed by atoms with Gasteiger partial charge in [-0.3, -0.25) is 9.59 Å². The van der Waals surface area contributed by atoms with Gasteiger partial charge in [0.25, 0.3) is 11.8 Å². The number of aliphatic carboxylic acids is 1. The van der Waals surface area contributed by atoms with Crippen molar-refractivity contribution in [2.24, 2.45) is 0 Å². The molecule has 1 amide bonds. The number of hydrogen-bond donors (Lipinski definition) is 3. The molecule has 1 aromatic heterocycles. The molecule has 3 N–H and O–H groups in total. The van der Waals surface area contributed by atoms with Crippen LogP contribution in [-0.4, -0.2) is 40.4 Å². The minimum absolute atomic E-state index is 0.226. The standard InChI is InChI=1S/C21H19FN2O6/c1-29-17-7-6-14(22)9-16(17)13-4-2-12(3-5-13)8-15(10-20(26)27)23-21(28)18-11-19(25)24-30-18/h2-7,9,11,15H,8,10H2,1H3,(H,23,28)(H,24,25)(H,26,27)/t15-/m1/s1. The quantitative estimate of drug-likeness (QED) is 0.518. The van der Waals surface area contributed by atoms with Crippen molar-refractivity contribution in [3.05, 3.63) is 65.7 Å². The van der Waals surface area contributed by atoms with E-state index in [1.165, 1.54) is 25.3 Å². The third kappa shape index (κ3) is 5.13. The number of rotatable bonds is 8. The van der Waals surface area contributed by atoms with Crippen LogP contribution in [0.5, 0.6) is 11.6 Å². The number of amides is 1. The lowest BCUT2D eigenvalue weighted by Crippen LogP contribution is -2.38. The van der Waals surface area contributed by atoms with Crippen LogP contribution in [0.15, 0.2) is 53.1 Å². The summed E-state index contributed by atoms with van der Waals surface area (Å²) >= 11 is 0. The van der Waals surface area contributed by atoms with Crippen molar-refractivity contribution < 1.29 is 33.5 Å². The lowest BCUT2D eigenvalue weighted by molar-refractivity contribution is -0.137. The van der Waals surface area contributed by atoms with Crippen molar-refractivity contribution in [2.45, 2.75) is 18.9 Å². The molecule has 156 valence electrons. The average molecular weight is 414 g/mol. The van der Waals surface area contributed by atoms with Crippen LogP contribution in [0.4, 0.5) is 4.39 Å². The van der Waals surface area contributed by atoms with Crippen LogP contribution in [0, 0.1) is 5.82 Å². The Labute approximate surface area is 170 Å². The maximum atomic E-state index is 13.6. The smallest absolute Gasteiger partial charge is 0.305 e. The van der Waals surface area contributed by atoms with Gasteiger partial charge in [0.1, 0.15) is 11.6 Å². The molecule has 1 heterocycles. The Hall–Kier alpha value is -3.88. The van der Waals surface area contributed by atoms with Gasteiger partial charge in [-0.25, -0.2) is 4.39 Å². The van der Waals surface area contributed by atoms with Gasteiger partial charge in [-0.1, -0.05) is 24.3 Å². The van der Waals surface area contributed by atoms with Crippen LogP contribution < -0.4 is 10.1 Å². The first kappa shape index (κ1) is 20.8. The lowest BCUT2D eigenvalue weighted by atomic mass is 9.98. The van der Waals surface area contributed by atoms with Gasteiger partial charge in [-0.2, -0.15) is 0 Å². The Morgan fingerprint density at radius 1 is 1.20 bits per heavy atom. The monoisotopic (exact) mass is 414 g/mol. The maximum Gasteiger partial charge on any atom is 0.305 e. The molecule has 30 heavy (non-hydrogen) atoms. The van der Waals surface area contributed by atoms with E-state index in [1.54, 1.807) is 24.3 Å². The zero-order valence-electron chi connectivity index (χ0n) is 16.0. The number of halogens is 1. The zero-order chi connectivity index (χ0) is 21.7. The second-order valence-electron chi connectivity index (χ2n) is 6.56. The summed E-state index contributed by atoms with van der Waals surface area (Å²) < 4.78 is 23.6. The van der Waals surface area contributed by atoms with Gasteiger partial charge < -0.3 is 24.8 Å². The molecule has 8 nitrogen and oxygen atoms in total. The summed E-state index contributed by atoms with van der Waals surface area (Å²) in [5, 5.41) is 24.1. The first-order chi connectivity index (χ1) is 14.4. The number of methoxy groups -OCH3 is 1. The summed E-state index contributed by atoms with van der Waals surface area (Å²) in [6.45, 7) is 0. The molecule has 1 atom stereocenters. The van der Waals surface area contributed by atoms with Gasteiger partial charge in [-0.05, 0) is 40.9 Å². The molecule has 0 unspecified atom stereocenters. The zero-order valence-corrected chi connectivity index (χ0v) is 16.0. The lowest BCUT2D eigenvalue weighted by Gasteiger charge is -2.16. The molecular formula is C21H19FN2O6. The summed E-state index contributed by atoms with van der Waals surface area (Å²) in [4.78, 5) is 23.4. The van der Waals surface area contributed by atoms with Crippen LogP contribution in [0.2, 0.25) is 0 Å². The van der Waals surface area contributed by atoms with Crippen molar-refractivity contribution in [2.75, 3.05) is 7.11 Å². The molecule has 3 rings (SSSR count). The van der Waals surface area contributed by atoms with Gasteiger partial charge in [-0.15, -0.1) is 0 Å². The molecule has 0 aliphatic rings. The highest BCUT2D eigenvalue weighted by atomic mass is 19.1. The number of nitrogens with one attached hydrogen (secondary N) is 1. The molecule has 0 bridgehead atoms. The second-order valence-corrected chi connectivity index (χ2v) is 6.56. The molecule has 9 heteroatoms. The van der Waals surface area contributed by atoms with Gasteiger partial charge >= 0.3 is 5.97 Å². The first-order valence-electron chi connectivity index (χ1n) is 8.97. The van der Waals surface area contributed by atoms with Gasteiger partial charge in [0, 0.05) is 11.6 Å².